The molecule has 0 spiro atoms. The second-order valence-electron chi connectivity index (χ2n) is 23.2. The number of alkyl carbamates (subject to hydrolysis) is 1. The number of esters is 3. The third-order valence-electron chi connectivity index (χ3n) is 14.6. The van der Waals surface area contributed by atoms with Gasteiger partial charge >= 0.3 is 24.0 Å². The van der Waals surface area contributed by atoms with Gasteiger partial charge in [-0.15, -0.1) is 0 Å². The first-order chi connectivity index (χ1) is 40.1. The number of fused-ring (bicyclic) bond motifs is 4. The molecule has 0 saturated heterocycles. The summed E-state index contributed by atoms with van der Waals surface area (Å²) in [7, 11) is -4.29. The maximum Gasteiger partial charge on any atom is 0.407 e. The average molecular weight is 1190 g/mol. The van der Waals surface area contributed by atoms with Crippen molar-refractivity contribution in [3.05, 3.63) is 130 Å². The van der Waals surface area contributed by atoms with Crippen LogP contribution in [-0.4, -0.2) is 111 Å². The van der Waals surface area contributed by atoms with E-state index in [0.29, 0.717) is 40.8 Å². The maximum atomic E-state index is 14.7. The van der Waals surface area contributed by atoms with E-state index in [2.05, 4.69) is 37.6 Å². The fourth-order valence-electron chi connectivity index (χ4n) is 10.2. The van der Waals surface area contributed by atoms with E-state index in [1.54, 1.807) is 85.7 Å². The first-order valence-corrected chi connectivity index (χ1v) is 29.9. The predicted octanol–water partition coefficient (Wildman–Crippen LogP) is 7.09. The topological polar surface area (TPSA) is 298 Å². The molecule has 6 rings (SSSR count). The standard InChI is InChI=1S/C63H81N7O14S/c1-12-33-80-52(72)34-50(59(76)81-35-41-21-14-13-15-22-41)67-58(75)53(37(2)3)69-57(74)48(27-20-32-65-60(64)70-85(78,79)55-39(5)38(4)54-42(40(55)6)30-31-63(10,11)84-54)66-56(73)49(28-29-51(71)83-62(7,8)9)68-61(77)82-36-47-45-25-18-16-23-43(45)44-24-17-19-26-46(44)47/h12-19,21-26,37,47-50,53H,1,20,27-36H2,2-11H3,(H,66,73)(H,67,75)(H,68,77)(H,69,74)(H3,64,65,70)/t48-,49-,50-,53-/m0/s1. The minimum atomic E-state index is -4.29. The first kappa shape index (κ1) is 65.9. The van der Waals surface area contributed by atoms with Crippen LogP contribution in [0, 0.1) is 26.7 Å². The minimum absolute atomic E-state index is 0.0208. The van der Waals surface area contributed by atoms with Crippen molar-refractivity contribution in [1.82, 2.24) is 26.0 Å². The summed E-state index contributed by atoms with van der Waals surface area (Å²) in [5.41, 5.74) is 11.9. The summed E-state index contributed by atoms with van der Waals surface area (Å²) in [5.74, 6) is -5.99. The first-order valence-electron chi connectivity index (χ1n) is 28.5. The molecule has 0 unspecified atom stereocenters. The van der Waals surface area contributed by atoms with E-state index in [-0.39, 0.29) is 62.9 Å². The number of nitrogens with two attached hydrogens (primary N) is 1. The van der Waals surface area contributed by atoms with Crippen LogP contribution in [0.3, 0.4) is 0 Å². The van der Waals surface area contributed by atoms with Crippen LogP contribution in [0.25, 0.3) is 11.1 Å². The van der Waals surface area contributed by atoms with Crippen molar-refractivity contribution < 1.29 is 65.7 Å². The summed E-state index contributed by atoms with van der Waals surface area (Å²) in [6.45, 7) is 20.3. The zero-order valence-electron chi connectivity index (χ0n) is 50.2. The highest BCUT2D eigenvalue weighted by molar-refractivity contribution is 7.90. The highest BCUT2D eigenvalue weighted by Crippen LogP contribution is 2.45. The molecule has 4 atom stereocenters. The van der Waals surface area contributed by atoms with Crippen LogP contribution >= 0.6 is 0 Å². The van der Waals surface area contributed by atoms with Crippen LogP contribution in [-0.2, 0) is 70.8 Å². The minimum Gasteiger partial charge on any atom is -0.487 e. The van der Waals surface area contributed by atoms with Crippen LogP contribution in [0.1, 0.15) is 132 Å². The molecule has 22 heteroatoms. The fourth-order valence-corrected chi connectivity index (χ4v) is 11.7. The van der Waals surface area contributed by atoms with Crippen LogP contribution in [0.2, 0.25) is 0 Å². The molecule has 7 N–H and O–H groups in total. The average Bonchev–Trinajstić information content (AvgIpc) is 2.08. The van der Waals surface area contributed by atoms with E-state index in [1.807, 2.05) is 62.4 Å². The van der Waals surface area contributed by atoms with Gasteiger partial charge in [-0.05, 0) is 143 Å². The van der Waals surface area contributed by atoms with Gasteiger partial charge in [0, 0.05) is 18.9 Å². The van der Waals surface area contributed by atoms with Crippen LogP contribution in [0.4, 0.5) is 4.79 Å². The molecule has 0 fully saturated rings. The van der Waals surface area contributed by atoms with Gasteiger partial charge in [0.25, 0.3) is 10.0 Å². The molecule has 1 aliphatic carbocycles. The van der Waals surface area contributed by atoms with E-state index < -0.39 is 105 Å². The molecule has 0 radical (unpaired) electrons. The molecular formula is C63H81N7O14S. The van der Waals surface area contributed by atoms with Gasteiger partial charge in [-0.25, -0.2) is 22.7 Å². The molecule has 85 heavy (non-hydrogen) atoms. The number of benzene rings is 4. The Labute approximate surface area is 498 Å². The van der Waals surface area contributed by atoms with Gasteiger partial charge in [-0.2, -0.15) is 0 Å². The number of amides is 4. The Morgan fingerprint density at radius 2 is 1.36 bits per heavy atom. The number of guanidine groups is 1. The maximum absolute atomic E-state index is 14.7. The summed E-state index contributed by atoms with van der Waals surface area (Å²) >= 11 is 0. The molecule has 4 aromatic rings. The molecule has 4 aromatic carbocycles. The summed E-state index contributed by atoms with van der Waals surface area (Å²) in [6.07, 6.45) is 0.101. The van der Waals surface area contributed by atoms with Crippen molar-refractivity contribution in [1.29, 1.82) is 0 Å². The Morgan fingerprint density at radius 3 is 1.99 bits per heavy atom. The number of carbonyl (C=O) groups is 7. The number of ether oxygens (including phenoxy) is 5. The van der Waals surface area contributed by atoms with Gasteiger partial charge in [-0.1, -0.05) is 105 Å². The second kappa shape index (κ2) is 29.0. The van der Waals surface area contributed by atoms with E-state index in [0.717, 1.165) is 27.8 Å². The number of sulfonamides is 1. The van der Waals surface area contributed by atoms with E-state index >= 15 is 0 Å². The molecule has 0 saturated carbocycles. The summed E-state index contributed by atoms with van der Waals surface area (Å²) in [6, 6.07) is 18.2. The van der Waals surface area contributed by atoms with Crippen molar-refractivity contribution in [3.8, 4) is 16.9 Å². The number of hydrogen-bond acceptors (Lipinski definition) is 15. The van der Waals surface area contributed by atoms with E-state index in [1.165, 1.54) is 6.08 Å². The zero-order chi connectivity index (χ0) is 62.4. The third-order valence-corrected chi connectivity index (χ3v) is 16.2. The highest BCUT2D eigenvalue weighted by atomic mass is 32.2. The SMILES string of the molecule is C=CCOC(=O)C[C@H](NC(=O)[C@@H](NC(=O)[C@H](CCCN=C(N)NS(=O)(=O)c1c(C)c(C)c2c(c1C)CCC(C)(C)O2)NC(=O)[C@H](CCC(=O)OC(C)(C)C)NC(=O)OCC1c2ccccc2-c2ccccc21)C(C)C)C(=O)OCc1ccccc1. The molecular weight excluding hydrogens is 1110 g/mol. The summed E-state index contributed by atoms with van der Waals surface area (Å²) < 4.78 is 58.7. The van der Waals surface area contributed by atoms with Gasteiger partial charge in [0.15, 0.2) is 0 Å². The molecule has 1 heterocycles. The monoisotopic (exact) mass is 1190 g/mol. The highest BCUT2D eigenvalue weighted by Gasteiger charge is 2.37. The molecule has 21 nitrogen and oxygen atoms in total. The molecule has 0 aromatic heterocycles. The van der Waals surface area contributed by atoms with Gasteiger partial charge < -0.3 is 50.7 Å². The van der Waals surface area contributed by atoms with Gasteiger partial charge in [0.2, 0.25) is 23.7 Å². The van der Waals surface area contributed by atoms with Gasteiger partial charge in [-0.3, -0.25) is 29.0 Å². The third kappa shape index (κ3) is 18.1. The normalized spacial score (nSPS) is 15.0. The molecule has 458 valence electrons. The van der Waals surface area contributed by atoms with Crippen molar-refractivity contribution in [2.75, 3.05) is 19.8 Å². The Kier molecular flexibility index (Phi) is 22.5. The second-order valence-corrected chi connectivity index (χ2v) is 24.8. The Bertz CT molecular complexity index is 3220. The number of carbonyl (C=O) groups excluding carboxylic acids is 7. The number of nitrogens with one attached hydrogen (secondary N) is 5. The Morgan fingerprint density at radius 1 is 0.765 bits per heavy atom. The smallest absolute Gasteiger partial charge is 0.407 e. The lowest BCUT2D eigenvalue weighted by Crippen LogP contribution is -2.59. The summed E-state index contributed by atoms with van der Waals surface area (Å²) in [4.78, 5) is 101. The lowest BCUT2D eigenvalue weighted by atomic mass is 9.88. The zero-order valence-corrected chi connectivity index (χ0v) is 51.0. The van der Waals surface area contributed by atoms with E-state index in [9.17, 15) is 42.0 Å². The van der Waals surface area contributed by atoms with Crippen LogP contribution in [0.15, 0.2) is 101 Å². The lowest BCUT2D eigenvalue weighted by molar-refractivity contribution is -0.155. The lowest BCUT2D eigenvalue weighted by Gasteiger charge is -2.35. The van der Waals surface area contributed by atoms with Crippen LogP contribution in [0.5, 0.6) is 5.75 Å². The number of hydrogen-bond donors (Lipinski definition) is 6. The van der Waals surface area contributed by atoms with Crippen molar-refractivity contribution in [3.63, 3.8) is 0 Å². The largest absolute Gasteiger partial charge is 0.487 e. The predicted molar refractivity (Wildman–Crippen MR) is 319 cm³/mol. The molecule has 0 bridgehead atoms. The van der Waals surface area contributed by atoms with Crippen LogP contribution < -0.4 is 36.5 Å². The molecule has 4 amide bonds. The molecule has 1 aliphatic heterocycles. The van der Waals surface area contributed by atoms with Gasteiger partial charge in [0.05, 0.1) is 11.3 Å². The quantitative estimate of drug-likeness (QED) is 0.00913. The fraction of sp³-hybridized carbons (Fsp3) is 0.460. The Balaban J connectivity index is 1.24. The van der Waals surface area contributed by atoms with Crippen molar-refractivity contribution >= 4 is 57.7 Å². The van der Waals surface area contributed by atoms with Crippen molar-refractivity contribution in [2.24, 2.45) is 16.6 Å². The summed E-state index contributed by atoms with van der Waals surface area (Å²) in [5, 5.41) is 10.5. The Hall–Kier alpha value is -8.27. The van der Waals surface area contributed by atoms with Gasteiger partial charge in [0.1, 0.15) is 60.9 Å². The van der Waals surface area contributed by atoms with E-state index in [4.69, 9.17) is 29.4 Å². The van der Waals surface area contributed by atoms with Crippen molar-refractivity contribution in [2.45, 2.75) is 167 Å². The number of nitrogens with zero attached hydrogens (tertiary/aromatic N) is 1. The molecule has 2 aliphatic rings. The number of rotatable bonds is 26. The number of aliphatic imine (C=N–C) groups is 1.